The lowest BCUT2D eigenvalue weighted by molar-refractivity contribution is -0.130. The molecule has 2 amide bonds. The van der Waals surface area contributed by atoms with Crippen LogP contribution in [0.25, 0.3) is 0 Å². The lowest BCUT2D eigenvalue weighted by Gasteiger charge is -2.33. The maximum Gasteiger partial charge on any atom is 0.251 e. The average molecular weight is 308 g/mol. The summed E-state index contributed by atoms with van der Waals surface area (Å²) in [5.41, 5.74) is 1.97. The molecule has 1 N–H and O–H groups in total. The van der Waals surface area contributed by atoms with Gasteiger partial charge in [0.25, 0.3) is 5.91 Å². The highest BCUT2D eigenvalue weighted by molar-refractivity contribution is 6.02. The third-order valence-electron chi connectivity index (χ3n) is 4.53. The summed E-state index contributed by atoms with van der Waals surface area (Å²) < 4.78 is 4.96. The average Bonchev–Trinajstić information content (AvgIpc) is 2.76. The molecule has 0 radical (unpaired) electrons. The SMILES string of the molecule is COCCCNC(=O)CC1=C2CCCCC2N(C(C)C)C1=O. The molecule has 5 heteroatoms. The zero-order valence-corrected chi connectivity index (χ0v) is 14.0. The van der Waals surface area contributed by atoms with E-state index in [9.17, 15) is 9.59 Å². The molecule has 1 aliphatic heterocycles. The molecule has 22 heavy (non-hydrogen) atoms. The highest BCUT2D eigenvalue weighted by Gasteiger charge is 2.41. The lowest BCUT2D eigenvalue weighted by atomic mass is 9.88. The second-order valence-corrected chi connectivity index (χ2v) is 6.44. The molecule has 1 fully saturated rings. The fourth-order valence-electron chi connectivity index (χ4n) is 3.54. The minimum Gasteiger partial charge on any atom is -0.385 e. The Bertz CT molecular complexity index is 457. The van der Waals surface area contributed by atoms with Crippen LogP contribution in [0.1, 0.15) is 52.4 Å². The summed E-state index contributed by atoms with van der Waals surface area (Å²) in [5, 5.41) is 2.88. The number of fused-ring (bicyclic) bond motifs is 1. The molecule has 1 aliphatic carbocycles. The smallest absolute Gasteiger partial charge is 0.251 e. The van der Waals surface area contributed by atoms with Crippen molar-refractivity contribution >= 4 is 11.8 Å². The Morgan fingerprint density at radius 3 is 2.86 bits per heavy atom. The van der Waals surface area contributed by atoms with Crippen LogP contribution in [0.15, 0.2) is 11.1 Å². The minimum atomic E-state index is -0.0538. The molecular formula is C17H28N2O3. The van der Waals surface area contributed by atoms with Crippen LogP contribution < -0.4 is 5.32 Å². The molecule has 1 atom stereocenters. The Hall–Kier alpha value is -1.36. The topological polar surface area (TPSA) is 58.6 Å². The largest absolute Gasteiger partial charge is 0.385 e. The normalized spacial score (nSPS) is 21.5. The van der Waals surface area contributed by atoms with Gasteiger partial charge >= 0.3 is 0 Å². The second-order valence-electron chi connectivity index (χ2n) is 6.44. The summed E-state index contributed by atoms with van der Waals surface area (Å²) in [5.74, 6) is 0.0193. The molecule has 1 saturated carbocycles. The van der Waals surface area contributed by atoms with E-state index in [0.29, 0.717) is 13.2 Å². The highest BCUT2D eigenvalue weighted by atomic mass is 16.5. The van der Waals surface area contributed by atoms with Crippen molar-refractivity contribution in [1.82, 2.24) is 10.2 Å². The third-order valence-corrected chi connectivity index (χ3v) is 4.53. The monoisotopic (exact) mass is 308 g/mol. The second kappa shape index (κ2) is 7.77. The van der Waals surface area contributed by atoms with E-state index in [4.69, 9.17) is 4.74 Å². The zero-order valence-electron chi connectivity index (χ0n) is 14.0. The molecule has 1 heterocycles. The van der Waals surface area contributed by atoms with E-state index in [0.717, 1.165) is 31.3 Å². The van der Waals surface area contributed by atoms with Gasteiger partial charge in [-0.05, 0) is 45.1 Å². The molecule has 0 saturated heterocycles. The summed E-state index contributed by atoms with van der Waals surface area (Å²) in [7, 11) is 1.65. The van der Waals surface area contributed by atoms with Crippen LogP contribution in [0.3, 0.4) is 0 Å². The van der Waals surface area contributed by atoms with E-state index in [-0.39, 0.29) is 30.3 Å². The van der Waals surface area contributed by atoms with Gasteiger partial charge in [0, 0.05) is 31.9 Å². The van der Waals surface area contributed by atoms with Gasteiger partial charge in [0.15, 0.2) is 0 Å². The van der Waals surface area contributed by atoms with E-state index in [1.165, 1.54) is 12.0 Å². The number of nitrogens with zero attached hydrogens (tertiary/aromatic N) is 1. The predicted octanol–water partition coefficient (Wildman–Crippen LogP) is 2.02. The Kier molecular flexibility index (Phi) is 6.00. The van der Waals surface area contributed by atoms with Gasteiger partial charge in [-0.3, -0.25) is 9.59 Å². The summed E-state index contributed by atoms with van der Waals surface area (Å²) >= 11 is 0. The van der Waals surface area contributed by atoms with Crippen molar-refractivity contribution < 1.29 is 14.3 Å². The maximum absolute atomic E-state index is 12.7. The lowest BCUT2D eigenvalue weighted by Crippen LogP contribution is -2.41. The van der Waals surface area contributed by atoms with Crippen LogP contribution in [0, 0.1) is 0 Å². The van der Waals surface area contributed by atoms with Gasteiger partial charge in [0.05, 0.1) is 12.5 Å². The minimum absolute atomic E-state index is 0.0538. The van der Waals surface area contributed by atoms with Crippen molar-refractivity contribution in [3.8, 4) is 0 Å². The number of amides is 2. The fraction of sp³-hybridized carbons (Fsp3) is 0.765. The van der Waals surface area contributed by atoms with Gasteiger partial charge in [0.2, 0.25) is 5.91 Å². The molecule has 0 aromatic carbocycles. The van der Waals surface area contributed by atoms with Crippen molar-refractivity contribution in [2.45, 2.75) is 64.5 Å². The molecule has 5 nitrogen and oxygen atoms in total. The number of nitrogens with one attached hydrogen (secondary N) is 1. The molecule has 124 valence electrons. The van der Waals surface area contributed by atoms with Crippen molar-refractivity contribution in [2.24, 2.45) is 0 Å². The molecular weight excluding hydrogens is 280 g/mol. The molecule has 0 aromatic rings. The Labute approximate surface area is 133 Å². The maximum atomic E-state index is 12.7. The van der Waals surface area contributed by atoms with Crippen molar-refractivity contribution in [1.29, 1.82) is 0 Å². The molecule has 2 aliphatic rings. The van der Waals surface area contributed by atoms with Crippen LogP contribution in [0.5, 0.6) is 0 Å². The highest BCUT2D eigenvalue weighted by Crippen LogP contribution is 2.38. The van der Waals surface area contributed by atoms with Gasteiger partial charge in [-0.1, -0.05) is 6.42 Å². The standard InChI is InChI=1S/C17H28N2O3/c1-12(2)19-15-8-5-4-7-13(15)14(17(19)21)11-16(20)18-9-6-10-22-3/h12,15H,4-11H2,1-3H3,(H,18,20). The van der Waals surface area contributed by atoms with Gasteiger partial charge in [-0.2, -0.15) is 0 Å². The van der Waals surface area contributed by atoms with Crippen LogP contribution in [-0.2, 0) is 14.3 Å². The van der Waals surface area contributed by atoms with E-state index in [1.807, 2.05) is 4.90 Å². The first kappa shape index (κ1) is 17.0. The number of hydrogen-bond donors (Lipinski definition) is 1. The molecule has 1 unspecified atom stereocenters. The Morgan fingerprint density at radius 1 is 1.41 bits per heavy atom. The summed E-state index contributed by atoms with van der Waals surface area (Å²) in [4.78, 5) is 26.8. The summed E-state index contributed by atoms with van der Waals surface area (Å²) in [6.07, 6.45) is 5.32. The summed E-state index contributed by atoms with van der Waals surface area (Å²) in [6.45, 7) is 5.34. The van der Waals surface area contributed by atoms with Crippen LogP contribution >= 0.6 is 0 Å². The first-order valence-corrected chi connectivity index (χ1v) is 8.36. The number of carbonyl (C=O) groups excluding carboxylic acids is 2. The number of rotatable bonds is 7. The van der Waals surface area contributed by atoms with E-state index >= 15 is 0 Å². The van der Waals surface area contributed by atoms with E-state index in [1.54, 1.807) is 7.11 Å². The molecule has 0 aromatic heterocycles. The van der Waals surface area contributed by atoms with Crippen LogP contribution in [0.2, 0.25) is 0 Å². The zero-order chi connectivity index (χ0) is 16.1. The predicted molar refractivity (Wildman–Crippen MR) is 85.4 cm³/mol. The fourth-order valence-corrected chi connectivity index (χ4v) is 3.54. The van der Waals surface area contributed by atoms with Crippen LogP contribution in [-0.4, -0.2) is 49.1 Å². The van der Waals surface area contributed by atoms with Crippen molar-refractivity contribution in [3.05, 3.63) is 11.1 Å². The van der Waals surface area contributed by atoms with Crippen LogP contribution in [0.4, 0.5) is 0 Å². The number of carbonyl (C=O) groups is 2. The molecule has 2 rings (SSSR count). The van der Waals surface area contributed by atoms with Crippen molar-refractivity contribution in [2.75, 3.05) is 20.3 Å². The first-order chi connectivity index (χ1) is 10.6. The number of hydrogen-bond acceptors (Lipinski definition) is 3. The van der Waals surface area contributed by atoms with Gasteiger partial charge in [0.1, 0.15) is 0 Å². The molecule has 0 spiro atoms. The van der Waals surface area contributed by atoms with Gasteiger partial charge in [-0.25, -0.2) is 0 Å². The first-order valence-electron chi connectivity index (χ1n) is 8.36. The number of methoxy groups -OCH3 is 1. The van der Waals surface area contributed by atoms with E-state index < -0.39 is 0 Å². The van der Waals surface area contributed by atoms with Gasteiger partial charge in [-0.15, -0.1) is 0 Å². The quantitative estimate of drug-likeness (QED) is 0.732. The summed E-state index contributed by atoms with van der Waals surface area (Å²) in [6, 6.07) is 0.422. The van der Waals surface area contributed by atoms with E-state index in [2.05, 4.69) is 19.2 Å². The Morgan fingerprint density at radius 2 is 2.18 bits per heavy atom. The third kappa shape index (κ3) is 3.69. The number of ether oxygens (including phenoxy) is 1. The molecule has 0 bridgehead atoms. The van der Waals surface area contributed by atoms with Gasteiger partial charge < -0.3 is 15.0 Å². The van der Waals surface area contributed by atoms with Crippen molar-refractivity contribution in [3.63, 3.8) is 0 Å². The Balaban J connectivity index is 2.01.